The van der Waals surface area contributed by atoms with E-state index in [1.54, 1.807) is 54.5 Å². The molecule has 2 aromatic carbocycles. The Morgan fingerprint density at radius 1 is 1.18 bits per heavy atom. The van der Waals surface area contributed by atoms with Crippen molar-refractivity contribution in [2.45, 2.75) is 18.6 Å². The number of amides is 1. The first-order valence-electron chi connectivity index (χ1n) is 8.97. The average Bonchev–Trinajstić information content (AvgIpc) is 2.67. The quantitative estimate of drug-likeness (QED) is 0.767. The minimum Gasteiger partial charge on any atom is -0.497 e. The Hall–Kier alpha value is -2.58. The fourth-order valence-corrected chi connectivity index (χ4v) is 4.50. The summed E-state index contributed by atoms with van der Waals surface area (Å²) in [6.45, 7) is 0.657. The van der Waals surface area contributed by atoms with Crippen LogP contribution in [0.2, 0.25) is 0 Å². The van der Waals surface area contributed by atoms with Crippen molar-refractivity contribution in [2.24, 2.45) is 0 Å². The molecule has 28 heavy (non-hydrogen) atoms. The zero-order valence-electron chi connectivity index (χ0n) is 16.0. The van der Waals surface area contributed by atoms with Gasteiger partial charge in [0.15, 0.2) is 0 Å². The van der Waals surface area contributed by atoms with Gasteiger partial charge in [0, 0.05) is 25.0 Å². The maximum atomic E-state index is 12.6. The summed E-state index contributed by atoms with van der Waals surface area (Å²) in [7, 11) is -0.553. The first-order chi connectivity index (χ1) is 13.4. The van der Waals surface area contributed by atoms with Crippen LogP contribution in [-0.4, -0.2) is 41.7 Å². The van der Waals surface area contributed by atoms with Crippen molar-refractivity contribution >= 4 is 27.3 Å². The molecule has 8 heteroatoms. The Morgan fingerprint density at radius 2 is 2.00 bits per heavy atom. The second-order valence-electron chi connectivity index (χ2n) is 6.64. The highest BCUT2D eigenvalue weighted by molar-refractivity contribution is 7.91. The van der Waals surface area contributed by atoms with Crippen molar-refractivity contribution in [3.8, 4) is 5.75 Å². The molecule has 1 aliphatic heterocycles. The number of sulfonamides is 1. The molecule has 0 spiro atoms. The Labute approximate surface area is 165 Å². The number of fused-ring (bicyclic) bond motifs is 1. The van der Waals surface area contributed by atoms with Crippen LogP contribution in [0.5, 0.6) is 5.75 Å². The molecule has 0 aliphatic carbocycles. The molecule has 2 aromatic rings. The van der Waals surface area contributed by atoms with Crippen molar-refractivity contribution in [1.82, 2.24) is 0 Å². The first kappa shape index (κ1) is 20.2. The number of anilines is 2. The Morgan fingerprint density at radius 3 is 2.75 bits per heavy atom. The number of benzene rings is 2. The number of aryl methyl sites for hydroxylation is 1. The van der Waals surface area contributed by atoms with Crippen LogP contribution in [0, 0.1) is 0 Å². The van der Waals surface area contributed by atoms with Gasteiger partial charge in [-0.3, -0.25) is 9.52 Å². The normalized spacial score (nSPS) is 13.7. The number of nitrogens with one attached hydrogen (secondary N) is 1. The number of carbonyl (C=O) groups excluding carboxylic acids is 1. The maximum Gasteiger partial charge on any atom is 0.252 e. The van der Waals surface area contributed by atoms with E-state index in [9.17, 15) is 13.2 Å². The van der Waals surface area contributed by atoms with Crippen LogP contribution in [0.3, 0.4) is 0 Å². The third-order valence-electron chi connectivity index (χ3n) is 4.53. The summed E-state index contributed by atoms with van der Waals surface area (Å²) in [6, 6.07) is 12.2. The van der Waals surface area contributed by atoms with E-state index in [2.05, 4.69) is 4.72 Å². The first-order valence-corrected chi connectivity index (χ1v) is 10.6. The van der Waals surface area contributed by atoms with Crippen LogP contribution < -0.4 is 14.4 Å². The van der Waals surface area contributed by atoms with Crippen molar-refractivity contribution in [2.75, 3.05) is 37.0 Å². The molecule has 0 bridgehead atoms. The van der Waals surface area contributed by atoms with E-state index in [4.69, 9.17) is 9.47 Å². The van der Waals surface area contributed by atoms with Gasteiger partial charge >= 0.3 is 0 Å². The number of carbonyl (C=O) groups is 1. The maximum absolute atomic E-state index is 12.6. The standard InChI is InChI=1S/C20H24N2O5S/c1-26-13-20(23)22-10-4-6-16-12-17(8-9-19(16)22)21-28(24,25)14-15-5-3-7-18(11-15)27-2/h3,5,7-9,11-12,21H,4,6,10,13-14H2,1-2H3. The minimum absolute atomic E-state index is 0.0222. The Balaban J connectivity index is 1.76. The highest BCUT2D eigenvalue weighted by Gasteiger charge is 2.23. The van der Waals surface area contributed by atoms with E-state index in [0.717, 1.165) is 24.1 Å². The summed E-state index contributed by atoms with van der Waals surface area (Å²) in [4.78, 5) is 13.9. The molecule has 0 atom stereocenters. The van der Waals surface area contributed by atoms with Crippen LogP contribution in [-0.2, 0) is 31.7 Å². The third kappa shape index (κ3) is 4.82. The molecule has 0 radical (unpaired) electrons. The zero-order valence-corrected chi connectivity index (χ0v) is 16.8. The summed E-state index contributed by atoms with van der Waals surface area (Å²) in [6.07, 6.45) is 1.61. The predicted octanol–water partition coefficient (Wildman–Crippen LogP) is 2.56. The topological polar surface area (TPSA) is 84.9 Å². The van der Waals surface area contributed by atoms with Crippen molar-refractivity contribution < 1.29 is 22.7 Å². The number of nitrogens with zero attached hydrogens (tertiary/aromatic N) is 1. The predicted molar refractivity (Wildman–Crippen MR) is 108 cm³/mol. The molecule has 0 saturated carbocycles. The smallest absolute Gasteiger partial charge is 0.252 e. The van der Waals surface area contributed by atoms with Crippen LogP contribution >= 0.6 is 0 Å². The van der Waals surface area contributed by atoms with E-state index in [0.29, 0.717) is 23.5 Å². The summed E-state index contributed by atoms with van der Waals surface area (Å²) in [5, 5.41) is 0. The fourth-order valence-electron chi connectivity index (χ4n) is 3.32. The van der Waals surface area contributed by atoms with Gasteiger partial charge in [0.25, 0.3) is 5.91 Å². The summed E-state index contributed by atoms with van der Waals surface area (Å²) < 4.78 is 37.8. The molecule has 1 N–H and O–H groups in total. The molecule has 3 rings (SSSR count). The number of rotatable bonds is 7. The zero-order chi connectivity index (χ0) is 20.1. The van der Waals surface area contributed by atoms with Crippen LogP contribution in [0.25, 0.3) is 0 Å². The van der Waals surface area contributed by atoms with Crippen molar-refractivity contribution in [3.05, 3.63) is 53.6 Å². The van der Waals surface area contributed by atoms with E-state index in [-0.39, 0.29) is 18.3 Å². The highest BCUT2D eigenvalue weighted by Crippen LogP contribution is 2.30. The monoisotopic (exact) mass is 404 g/mol. The molecule has 150 valence electrons. The van der Waals surface area contributed by atoms with Crippen molar-refractivity contribution in [1.29, 1.82) is 0 Å². The second-order valence-corrected chi connectivity index (χ2v) is 8.36. The molecule has 1 amide bonds. The molecular formula is C20H24N2O5S. The van der Waals surface area contributed by atoms with Crippen LogP contribution in [0.15, 0.2) is 42.5 Å². The molecule has 0 unspecified atom stereocenters. The molecule has 0 saturated heterocycles. The number of methoxy groups -OCH3 is 2. The van der Waals surface area contributed by atoms with E-state index in [1.807, 2.05) is 0 Å². The molecule has 0 fully saturated rings. The molecule has 0 aromatic heterocycles. The van der Waals surface area contributed by atoms with Gasteiger partial charge in [-0.2, -0.15) is 0 Å². The lowest BCUT2D eigenvalue weighted by molar-refractivity contribution is -0.122. The number of hydrogen-bond donors (Lipinski definition) is 1. The van der Waals surface area contributed by atoms with Crippen LogP contribution in [0.4, 0.5) is 11.4 Å². The van der Waals surface area contributed by atoms with Crippen molar-refractivity contribution in [3.63, 3.8) is 0 Å². The second kappa shape index (κ2) is 8.62. The van der Waals surface area contributed by atoms with Gasteiger partial charge in [-0.15, -0.1) is 0 Å². The van der Waals surface area contributed by atoms with Crippen LogP contribution in [0.1, 0.15) is 17.5 Å². The highest BCUT2D eigenvalue weighted by atomic mass is 32.2. The van der Waals surface area contributed by atoms with E-state index in [1.165, 1.54) is 7.11 Å². The summed E-state index contributed by atoms with van der Waals surface area (Å²) >= 11 is 0. The average molecular weight is 404 g/mol. The Bertz CT molecular complexity index is 959. The van der Waals surface area contributed by atoms with Gasteiger partial charge in [0.1, 0.15) is 12.4 Å². The summed E-state index contributed by atoms with van der Waals surface area (Å²) in [5.41, 5.74) is 2.88. The molecule has 1 aliphatic rings. The van der Waals surface area contributed by atoms with Gasteiger partial charge in [-0.1, -0.05) is 12.1 Å². The van der Waals surface area contributed by atoms with Gasteiger partial charge in [0.05, 0.1) is 12.9 Å². The molecular weight excluding hydrogens is 380 g/mol. The Kier molecular flexibility index (Phi) is 6.21. The lowest BCUT2D eigenvalue weighted by Gasteiger charge is -2.29. The summed E-state index contributed by atoms with van der Waals surface area (Å²) in [5.74, 6) is 0.358. The van der Waals surface area contributed by atoms with Gasteiger partial charge in [-0.05, 0) is 54.3 Å². The SMILES string of the molecule is COCC(=O)N1CCCc2cc(NS(=O)(=O)Cc3cccc(OC)c3)ccc21. The third-order valence-corrected chi connectivity index (χ3v) is 5.79. The minimum atomic E-state index is -3.58. The largest absolute Gasteiger partial charge is 0.497 e. The molecule has 1 heterocycles. The lowest BCUT2D eigenvalue weighted by atomic mass is 10.0. The molecule has 7 nitrogen and oxygen atoms in total. The van der Waals surface area contributed by atoms with Gasteiger partial charge in [0.2, 0.25) is 10.0 Å². The fraction of sp³-hybridized carbons (Fsp3) is 0.350. The van der Waals surface area contributed by atoms with Gasteiger partial charge in [-0.25, -0.2) is 8.42 Å². The van der Waals surface area contributed by atoms with E-state index >= 15 is 0 Å². The number of hydrogen-bond acceptors (Lipinski definition) is 5. The van der Waals surface area contributed by atoms with E-state index < -0.39 is 10.0 Å². The number of ether oxygens (including phenoxy) is 2. The lowest BCUT2D eigenvalue weighted by Crippen LogP contribution is -2.37. The van der Waals surface area contributed by atoms with Gasteiger partial charge < -0.3 is 14.4 Å².